The monoisotopic (exact) mass is 236 g/mol. The molecule has 0 aromatic carbocycles. The van der Waals surface area contributed by atoms with E-state index in [0.717, 1.165) is 12.8 Å². The van der Waals surface area contributed by atoms with E-state index >= 15 is 0 Å². The van der Waals surface area contributed by atoms with Gasteiger partial charge in [0.1, 0.15) is 0 Å². The minimum Gasteiger partial charge on any atom is -0.465 e. The molecule has 0 amide bonds. The third-order valence-electron chi connectivity index (χ3n) is 5.31. The van der Waals surface area contributed by atoms with Crippen molar-refractivity contribution < 1.29 is 14.6 Å². The Kier molecular flexibility index (Phi) is 2.37. The Morgan fingerprint density at radius 3 is 2.94 bits per heavy atom. The maximum Gasteiger partial charge on any atom is 0.312 e. The lowest BCUT2D eigenvalue weighted by Gasteiger charge is -2.47. The van der Waals surface area contributed by atoms with Gasteiger partial charge in [0.15, 0.2) is 0 Å². The Labute approximate surface area is 102 Å². The highest BCUT2D eigenvalue weighted by Crippen LogP contribution is 2.54. The van der Waals surface area contributed by atoms with Crippen LogP contribution in [0.25, 0.3) is 0 Å². The Morgan fingerprint density at radius 1 is 1.41 bits per heavy atom. The molecule has 2 aliphatic carbocycles. The van der Waals surface area contributed by atoms with Crippen molar-refractivity contribution in [2.75, 3.05) is 6.61 Å². The Hall–Kier alpha value is -0.830. The molecule has 17 heavy (non-hydrogen) atoms. The number of hydrogen-bond acceptors (Lipinski definition) is 3. The normalized spacial score (nSPS) is 52.9. The molecule has 0 aromatic rings. The van der Waals surface area contributed by atoms with Crippen LogP contribution in [0.4, 0.5) is 0 Å². The summed E-state index contributed by atoms with van der Waals surface area (Å²) in [6, 6.07) is 0. The van der Waals surface area contributed by atoms with Gasteiger partial charge in [-0.2, -0.15) is 0 Å². The van der Waals surface area contributed by atoms with Gasteiger partial charge in [0, 0.05) is 11.8 Å². The molecule has 0 aromatic heterocycles. The number of ether oxygens (including phenoxy) is 1. The van der Waals surface area contributed by atoms with E-state index in [0.29, 0.717) is 12.5 Å². The van der Waals surface area contributed by atoms with Gasteiger partial charge in [-0.15, -0.1) is 0 Å². The third-order valence-corrected chi connectivity index (χ3v) is 5.31. The van der Waals surface area contributed by atoms with E-state index < -0.39 is 5.41 Å². The summed E-state index contributed by atoms with van der Waals surface area (Å²) in [5, 5.41) is 10.3. The van der Waals surface area contributed by atoms with E-state index in [4.69, 9.17) is 4.74 Å². The standard InChI is InChI=1S/C14H20O3/c1-8-3-6-11-10(12(8)15)5-4-9-7-17-13(16)14(9,11)2/h4-5,8-12,15H,3,6-7H2,1-2H3/t8-,9+,10+,11-,12+,14-/m1/s1. The largest absolute Gasteiger partial charge is 0.465 e. The van der Waals surface area contributed by atoms with Gasteiger partial charge in [0.2, 0.25) is 0 Å². The molecule has 94 valence electrons. The van der Waals surface area contributed by atoms with E-state index in [1.54, 1.807) is 0 Å². The second-order valence-electron chi connectivity index (χ2n) is 6.10. The molecule has 1 aliphatic heterocycles. The maximum absolute atomic E-state index is 12.0. The van der Waals surface area contributed by atoms with Crippen molar-refractivity contribution in [3.8, 4) is 0 Å². The highest BCUT2D eigenvalue weighted by Gasteiger charge is 2.58. The second kappa shape index (κ2) is 3.58. The molecule has 1 saturated carbocycles. The molecule has 3 rings (SSSR count). The van der Waals surface area contributed by atoms with Crippen LogP contribution in [0.5, 0.6) is 0 Å². The van der Waals surface area contributed by atoms with E-state index in [1.807, 2.05) is 6.92 Å². The Morgan fingerprint density at radius 2 is 2.18 bits per heavy atom. The van der Waals surface area contributed by atoms with Crippen molar-refractivity contribution in [1.82, 2.24) is 0 Å². The van der Waals surface area contributed by atoms with Gasteiger partial charge in [-0.3, -0.25) is 4.79 Å². The lowest BCUT2D eigenvalue weighted by Crippen LogP contribution is -2.50. The number of aliphatic hydroxyl groups is 1. The van der Waals surface area contributed by atoms with Crippen molar-refractivity contribution in [2.24, 2.45) is 29.1 Å². The molecule has 6 atom stereocenters. The van der Waals surface area contributed by atoms with Gasteiger partial charge in [-0.1, -0.05) is 19.1 Å². The fourth-order valence-corrected chi connectivity index (χ4v) is 3.96. The first-order valence-corrected chi connectivity index (χ1v) is 6.58. The summed E-state index contributed by atoms with van der Waals surface area (Å²) in [4.78, 5) is 12.0. The third kappa shape index (κ3) is 1.35. The molecule has 1 heterocycles. The van der Waals surface area contributed by atoms with Crippen LogP contribution in [0.3, 0.4) is 0 Å². The summed E-state index contributed by atoms with van der Waals surface area (Å²) < 4.78 is 5.24. The summed E-state index contributed by atoms with van der Waals surface area (Å²) >= 11 is 0. The van der Waals surface area contributed by atoms with Gasteiger partial charge < -0.3 is 9.84 Å². The lowest BCUT2D eigenvalue weighted by molar-refractivity contribution is -0.152. The number of aliphatic hydroxyl groups excluding tert-OH is 1. The van der Waals surface area contributed by atoms with E-state index in [1.165, 1.54) is 0 Å². The van der Waals surface area contributed by atoms with Crippen molar-refractivity contribution >= 4 is 5.97 Å². The van der Waals surface area contributed by atoms with Gasteiger partial charge in [0.05, 0.1) is 18.1 Å². The lowest BCUT2D eigenvalue weighted by atomic mass is 9.55. The van der Waals surface area contributed by atoms with Crippen LogP contribution < -0.4 is 0 Å². The van der Waals surface area contributed by atoms with Crippen molar-refractivity contribution in [2.45, 2.75) is 32.8 Å². The molecule has 0 spiro atoms. The zero-order valence-corrected chi connectivity index (χ0v) is 10.4. The minimum atomic E-state index is -0.402. The number of fused-ring (bicyclic) bond motifs is 3. The maximum atomic E-state index is 12.0. The van der Waals surface area contributed by atoms with E-state index in [9.17, 15) is 9.90 Å². The van der Waals surface area contributed by atoms with Crippen LogP contribution in [0.15, 0.2) is 12.2 Å². The molecule has 0 bridgehead atoms. The molecular weight excluding hydrogens is 216 g/mol. The molecule has 3 nitrogen and oxygen atoms in total. The summed E-state index contributed by atoms with van der Waals surface area (Å²) in [6.07, 6.45) is 5.93. The van der Waals surface area contributed by atoms with Crippen LogP contribution >= 0.6 is 0 Å². The first-order chi connectivity index (χ1) is 8.05. The zero-order chi connectivity index (χ0) is 12.2. The van der Waals surface area contributed by atoms with Crippen molar-refractivity contribution in [3.63, 3.8) is 0 Å². The number of cyclic esters (lactones) is 1. The minimum absolute atomic E-state index is 0.0661. The van der Waals surface area contributed by atoms with E-state index in [2.05, 4.69) is 19.1 Å². The average molecular weight is 236 g/mol. The molecule has 0 unspecified atom stereocenters. The van der Waals surface area contributed by atoms with Crippen LogP contribution in [-0.2, 0) is 9.53 Å². The SMILES string of the molecule is C[C@@H]1CC[C@@H]2[C@H](C=C[C@H]3COC(=O)[C@@]23C)[C@H]1O. The molecule has 2 fully saturated rings. The van der Waals surface area contributed by atoms with Crippen molar-refractivity contribution in [3.05, 3.63) is 12.2 Å². The van der Waals surface area contributed by atoms with Gasteiger partial charge >= 0.3 is 5.97 Å². The van der Waals surface area contributed by atoms with E-state index in [-0.39, 0.29) is 29.8 Å². The molecule has 3 heteroatoms. The fraction of sp³-hybridized carbons (Fsp3) is 0.786. The second-order valence-corrected chi connectivity index (χ2v) is 6.10. The molecule has 1 saturated heterocycles. The highest BCUT2D eigenvalue weighted by molar-refractivity contribution is 5.80. The fourth-order valence-electron chi connectivity index (χ4n) is 3.96. The topological polar surface area (TPSA) is 46.5 Å². The summed E-state index contributed by atoms with van der Waals surface area (Å²) in [6.45, 7) is 4.63. The van der Waals surface area contributed by atoms with Crippen LogP contribution in [0, 0.1) is 29.1 Å². The Bertz CT molecular complexity index is 376. The number of hydrogen-bond donors (Lipinski definition) is 1. The number of esters is 1. The van der Waals surface area contributed by atoms with Crippen LogP contribution in [-0.4, -0.2) is 23.8 Å². The number of carbonyl (C=O) groups is 1. The van der Waals surface area contributed by atoms with Gasteiger partial charge in [-0.25, -0.2) is 0 Å². The quantitative estimate of drug-likeness (QED) is 0.515. The zero-order valence-electron chi connectivity index (χ0n) is 10.4. The smallest absolute Gasteiger partial charge is 0.312 e. The molecule has 1 N–H and O–H groups in total. The summed E-state index contributed by atoms with van der Waals surface area (Å²) in [5.74, 6) is 0.850. The number of carbonyl (C=O) groups excluding carboxylic acids is 1. The first kappa shape index (κ1) is 11.3. The van der Waals surface area contributed by atoms with Gasteiger partial charge in [-0.05, 0) is 31.6 Å². The average Bonchev–Trinajstić information content (AvgIpc) is 2.61. The van der Waals surface area contributed by atoms with Crippen LogP contribution in [0.1, 0.15) is 26.7 Å². The van der Waals surface area contributed by atoms with Crippen LogP contribution in [0.2, 0.25) is 0 Å². The Balaban J connectivity index is 1.99. The summed E-state index contributed by atoms with van der Waals surface area (Å²) in [7, 11) is 0. The predicted molar refractivity (Wildman–Crippen MR) is 63.1 cm³/mol. The highest BCUT2D eigenvalue weighted by atomic mass is 16.5. The summed E-state index contributed by atoms with van der Waals surface area (Å²) in [5.41, 5.74) is -0.402. The first-order valence-electron chi connectivity index (χ1n) is 6.58. The molecule has 0 radical (unpaired) electrons. The predicted octanol–water partition coefficient (Wildman–Crippen LogP) is 1.76. The number of rotatable bonds is 0. The van der Waals surface area contributed by atoms with Crippen molar-refractivity contribution in [1.29, 1.82) is 0 Å². The van der Waals surface area contributed by atoms with Gasteiger partial charge in [0.25, 0.3) is 0 Å². The molecular formula is C14H20O3. The molecule has 3 aliphatic rings.